The molecule has 4 heteroatoms. The monoisotopic (exact) mass is 423 g/mol. The minimum Gasteiger partial charge on any atom is -0.497 e. The number of nitrogens with one attached hydrogen (secondary N) is 1. The molecule has 3 aromatic rings. The molecule has 3 nitrogen and oxygen atoms in total. The molecule has 0 aliphatic carbocycles. The Labute approximate surface area is 168 Å². The fraction of sp³-hybridized carbons (Fsp3) is 0.174. The smallest absolute Gasteiger partial charge is 0.165 e. The van der Waals surface area contributed by atoms with Crippen LogP contribution in [-0.4, -0.2) is 12.9 Å². The molecule has 27 heavy (non-hydrogen) atoms. The van der Waals surface area contributed by atoms with Crippen molar-refractivity contribution in [3.63, 3.8) is 0 Å². The SMILES string of the molecule is COc1ccc(C(CC(=O)c2ccc(Br)cc2)Nc2cccc(C)c2)cc1. The van der Waals surface area contributed by atoms with E-state index in [4.69, 9.17) is 4.74 Å². The minimum absolute atomic E-state index is 0.100. The Morgan fingerprint density at radius 2 is 1.74 bits per heavy atom. The molecule has 0 radical (unpaired) electrons. The van der Waals surface area contributed by atoms with Gasteiger partial charge in [-0.2, -0.15) is 0 Å². The summed E-state index contributed by atoms with van der Waals surface area (Å²) in [6, 6.07) is 23.4. The second kappa shape index (κ2) is 8.87. The van der Waals surface area contributed by atoms with Gasteiger partial charge in [0.05, 0.1) is 13.2 Å². The number of benzene rings is 3. The number of Topliss-reactive ketones (excluding diaryl/α,β-unsaturated/α-hetero) is 1. The van der Waals surface area contributed by atoms with E-state index in [2.05, 4.69) is 40.3 Å². The maximum absolute atomic E-state index is 12.8. The van der Waals surface area contributed by atoms with Crippen molar-refractivity contribution in [2.75, 3.05) is 12.4 Å². The third-order valence-corrected chi connectivity index (χ3v) is 4.96. The summed E-state index contributed by atoms with van der Waals surface area (Å²) in [5, 5.41) is 3.51. The second-order valence-electron chi connectivity index (χ2n) is 6.47. The lowest BCUT2D eigenvalue weighted by Gasteiger charge is -2.21. The van der Waals surface area contributed by atoms with Gasteiger partial charge in [0.1, 0.15) is 5.75 Å². The predicted molar refractivity (Wildman–Crippen MR) is 114 cm³/mol. The fourth-order valence-electron chi connectivity index (χ4n) is 2.96. The van der Waals surface area contributed by atoms with E-state index in [0.29, 0.717) is 12.0 Å². The van der Waals surface area contributed by atoms with Crippen molar-refractivity contribution < 1.29 is 9.53 Å². The van der Waals surface area contributed by atoms with Gasteiger partial charge in [-0.1, -0.05) is 52.3 Å². The first-order valence-corrected chi connectivity index (χ1v) is 9.60. The van der Waals surface area contributed by atoms with Crippen molar-refractivity contribution >= 4 is 27.4 Å². The highest BCUT2D eigenvalue weighted by Crippen LogP contribution is 2.27. The molecule has 0 spiro atoms. The number of hydrogen-bond donors (Lipinski definition) is 1. The van der Waals surface area contributed by atoms with E-state index < -0.39 is 0 Å². The van der Waals surface area contributed by atoms with Gasteiger partial charge in [0.2, 0.25) is 0 Å². The molecule has 3 rings (SSSR count). The Hall–Kier alpha value is -2.59. The molecule has 1 atom stereocenters. The molecule has 0 saturated heterocycles. The van der Waals surface area contributed by atoms with Gasteiger partial charge in [0.15, 0.2) is 5.78 Å². The van der Waals surface area contributed by atoms with Crippen LogP contribution in [0.5, 0.6) is 5.75 Å². The van der Waals surface area contributed by atoms with E-state index in [1.54, 1.807) is 7.11 Å². The number of anilines is 1. The van der Waals surface area contributed by atoms with Gasteiger partial charge < -0.3 is 10.1 Å². The number of aryl methyl sites for hydroxylation is 1. The van der Waals surface area contributed by atoms with E-state index in [1.807, 2.05) is 60.7 Å². The summed E-state index contributed by atoms with van der Waals surface area (Å²) in [5.41, 5.74) is 3.93. The van der Waals surface area contributed by atoms with Gasteiger partial charge in [-0.15, -0.1) is 0 Å². The third kappa shape index (κ3) is 5.20. The van der Waals surface area contributed by atoms with Crippen molar-refractivity contribution in [3.05, 3.63) is 94.0 Å². The number of halogens is 1. The summed E-state index contributed by atoms with van der Waals surface area (Å²) in [7, 11) is 1.65. The van der Waals surface area contributed by atoms with Gasteiger partial charge in [-0.3, -0.25) is 4.79 Å². The van der Waals surface area contributed by atoms with Gasteiger partial charge >= 0.3 is 0 Å². The second-order valence-corrected chi connectivity index (χ2v) is 7.39. The zero-order valence-corrected chi connectivity index (χ0v) is 17.0. The first-order valence-electron chi connectivity index (χ1n) is 8.81. The van der Waals surface area contributed by atoms with Crippen LogP contribution in [0.2, 0.25) is 0 Å². The zero-order valence-electron chi connectivity index (χ0n) is 15.4. The minimum atomic E-state index is -0.131. The van der Waals surface area contributed by atoms with Crippen LogP contribution in [0.25, 0.3) is 0 Å². The van der Waals surface area contributed by atoms with Crippen molar-refractivity contribution in [1.82, 2.24) is 0 Å². The van der Waals surface area contributed by atoms with E-state index in [9.17, 15) is 4.79 Å². The molecule has 0 aliphatic rings. The lowest BCUT2D eigenvalue weighted by molar-refractivity contribution is 0.0976. The number of ether oxygens (including phenoxy) is 1. The maximum Gasteiger partial charge on any atom is 0.165 e. The van der Waals surface area contributed by atoms with Gasteiger partial charge in [0.25, 0.3) is 0 Å². The van der Waals surface area contributed by atoms with E-state index in [1.165, 1.54) is 5.56 Å². The highest BCUT2D eigenvalue weighted by molar-refractivity contribution is 9.10. The topological polar surface area (TPSA) is 38.3 Å². The summed E-state index contributed by atoms with van der Waals surface area (Å²) in [4.78, 5) is 12.8. The molecule has 138 valence electrons. The fourth-order valence-corrected chi connectivity index (χ4v) is 3.23. The highest BCUT2D eigenvalue weighted by atomic mass is 79.9. The number of rotatable bonds is 7. The van der Waals surface area contributed by atoms with Crippen molar-refractivity contribution in [2.24, 2.45) is 0 Å². The third-order valence-electron chi connectivity index (χ3n) is 4.43. The van der Waals surface area contributed by atoms with Crippen LogP contribution in [-0.2, 0) is 0 Å². The largest absolute Gasteiger partial charge is 0.497 e. The van der Waals surface area contributed by atoms with Crippen LogP contribution in [0.4, 0.5) is 5.69 Å². The quantitative estimate of drug-likeness (QED) is 0.460. The van der Waals surface area contributed by atoms with Gasteiger partial charge in [0, 0.05) is 22.1 Å². The van der Waals surface area contributed by atoms with Gasteiger partial charge in [-0.25, -0.2) is 0 Å². The molecule has 0 aromatic heterocycles. The number of carbonyl (C=O) groups excluding carboxylic acids is 1. The van der Waals surface area contributed by atoms with Crippen LogP contribution < -0.4 is 10.1 Å². The Morgan fingerprint density at radius 3 is 2.37 bits per heavy atom. The van der Waals surface area contributed by atoms with Crippen LogP contribution >= 0.6 is 15.9 Å². The molecule has 0 bridgehead atoms. The standard InChI is InChI=1S/C23H22BrNO2/c1-16-4-3-5-20(14-16)25-22(17-8-12-21(27-2)13-9-17)15-23(26)18-6-10-19(24)11-7-18/h3-14,22,25H,15H2,1-2H3. The summed E-state index contributed by atoms with van der Waals surface area (Å²) < 4.78 is 6.21. The molecular weight excluding hydrogens is 402 g/mol. The molecule has 0 saturated carbocycles. The summed E-state index contributed by atoms with van der Waals surface area (Å²) in [5.74, 6) is 0.899. The van der Waals surface area contributed by atoms with E-state index in [0.717, 1.165) is 21.5 Å². The number of carbonyl (C=O) groups is 1. The van der Waals surface area contributed by atoms with E-state index in [-0.39, 0.29) is 11.8 Å². The summed E-state index contributed by atoms with van der Waals surface area (Å²) in [6.45, 7) is 2.06. The lowest BCUT2D eigenvalue weighted by Crippen LogP contribution is -2.16. The molecule has 0 heterocycles. The molecule has 3 aromatic carbocycles. The average molecular weight is 424 g/mol. The molecule has 0 aliphatic heterocycles. The van der Waals surface area contributed by atoms with Crippen molar-refractivity contribution in [3.8, 4) is 5.75 Å². The number of methoxy groups -OCH3 is 1. The molecule has 1 unspecified atom stereocenters. The summed E-state index contributed by atoms with van der Waals surface area (Å²) >= 11 is 3.41. The Bertz CT molecular complexity index is 904. The van der Waals surface area contributed by atoms with E-state index >= 15 is 0 Å². The maximum atomic E-state index is 12.8. The van der Waals surface area contributed by atoms with Crippen LogP contribution in [0, 0.1) is 6.92 Å². The zero-order chi connectivity index (χ0) is 19.2. The van der Waals surface area contributed by atoms with Crippen molar-refractivity contribution in [1.29, 1.82) is 0 Å². The Balaban J connectivity index is 1.85. The lowest BCUT2D eigenvalue weighted by atomic mass is 9.97. The molecule has 0 amide bonds. The van der Waals surface area contributed by atoms with Gasteiger partial charge in [-0.05, 0) is 54.4 Å². The van der Waals surface area contributed by atoms with Crippen LogP contribution in [0.15, 0.2) is 77.3 Å². The number of hydrogen-bond acceptors (Lipinski definition) is 3. The normalized spacial score (nSPS) is 11.7. The predicted octanol–water partition coefficient (Wildman–Crippen LogP) is 6.19. The average Bonchev–Trinajstić information content (AvgIpc) is 2.68. The molecular formula is C23H22BrNO2. The van der Waals surface area contributed by atoms with Crippen molar-refractivity contribution in [2.45, 2.75) is 19.4 Å². The summed E-state index contributed by atoms with van der Waals surface area (Å²) in [6.07, 6.45) is 0.363. The molecule has 1 N–H and O–H groups in total. The van der Waals surface area contributed by atoms with Crippen LogP contribution in [0.3, 0.4) is 0 Å². The Morgan fingerprint density at radius 1 is 1.04 bits per heavy atom. The Kier molecular flexibility index (Phi) is 6.30. The molecule has 0 fully saturated rings. The highest BCUT2D eigenvalue weighted by Gasteiger charge is 2.18. The first-order chi connectivity index (χ1) is 13.0. The number of ketones is 1. The first kappa shape index (κ1) is 19.2. The van der Waals surface area contributed by atoms with Crippen LogP contribution in [0.1, 0.15) is 33.9 Å².